The van der Waals surface area contributed by atoms with Gasteiger partial charge < -0.3 is 10.2 Å². The van der Waals surface area contributed by atoms with Gasteiger partial charge in [0.05, 0.1) is 10.6 Å². The Hall–Kier alpha value is -3.10. The number of fused-ring (bicyclic) bond motifs is 3. The average molecular weight is 437 g/mol. The lowest BCUT2D eigenvalue weighted by atomic mass is 10.1. The summed E-state index contributed by atoms with van der Waals surface area (Å²) in [7, 11) is 1.83. The Balaban J connectivity index is 1.58. The van der Waals surface area contributed by atoms with Crippen LogP contribution in [0, 0.1) is 5.82 Å². The van der Waals surface area contributed by atoms with E-state index in [-0.39, 0.29) is 11.7 Å². The van der Waals surface area contributed by atoms with Gasteiger partial charge in [-0.15, -0.1) is 11.3 Å². The molecule has 2 aromatic heterocycles. The van der Waals surface area contributed by atoms with Gasteiger partial charge in [0.15, 0.2) is 5.01 Å². The standard InChI is InChI=1S/C22H17FN4OS2/c1-24-16-5-2-13(3-6-16)22(28)27-9-8-14-10-19(21-25-12-26-30-21)29-20(14)17-7-4-15(23)11-18(17)27/h2-7,10-12,24H,8-9H2,1H3. The zero-order valence-electron chi connectivity index (χ0n) is 16.1. The molecule has 5 nitrogen and oxygen atoms in total. The average Bonchev–Trinajstić information content (AvgIpc) is 3.42. The molecule has 1 N–H and O–H groups in total. The van der Waals surface area contributed by atoms with Crippen LogP contribution in [0.25, 0.3) is 20.3 Å². The van der Waals surface area contributed by atoms with Crippen molar-refractivity contribution in [3.63, 3.8) is 0 Å². The van der Waals surface area contributed by atoms with Crippen LogP contribution in [0.5, 0.6) is 0 Å². The number of nitrogens with one attached hydrogen (secondary N) is 1. The van der Waals surface area contributed by atoms with Crippen LogP contribution >= 0.6 is 22.9 Å². The molecule has 2 aromatic carbocycles. The topological polar surface area (TPSA) is 58.1 Å². The van der Waals surface area contributed by atoms with Crippen LogP contribution in [0.3, 0.4) is 0 Å². The van der Waals surface area contributed by atoms with Gasteiger partial charge in [-0.2, -0.15) is 4.37 Å². The second kappa shape index (κ2) is 7.62. The van der Waals surface area contributed by atoms with Crippen LogP contribution in [0.2, 0.25) is 0 Å². The van der Waals surface area contributed by atoms with Crippen molar-refractivity contribution in [1.82, 2.24) is 9.36 Å². The van der Waals surface area contributed by atoms with Crippen molar-refractivity contribution in [3.8, 4) is 20.3 Å². The quantitative estimate of drug-likeness (QED) is 0.472. The van der Waals surface area contributed by atoms with E-state index in [0.29, 0.717) is 24.2 Å². The van der Waals surface area contributed by atoms with E-state index in [4.69, 9.17) is 0 Å². The molecule has 0 fully saturated rings. The van der Waals surface area contributed by atoms with Gasteiger partial charge in [-0.3, -0.25) is 4.79 Å². The molecular weight excluding hydrogens is 419 g/mol. The minimum Gasteiger partial charge on any atom is -0.388 e. The minimum absolute atomic E-state index is 0.135. The van der Waals surface area contributed by atoms with Gasteiger partial charge in [0, 0.05) is 35.3 Å². The summed E-state index contributed by atoms with van der Waals surface area (Å²) < 4.78 is 18.3. The Kier molecular flexibility index (Phi) is 4.80. The highest BCUT2D eigenvalue weighted by Crippen LogP contribution is 2.44. The van der Waals surface area contributed by atoms with Gasteiger partial charge in [-0.1, -0.05) is 0 Å². The zero-order valence-corrected chi connectivity index (χ0v) is 17.7. The molecule has 0 unspecified atom stereocenters. The summed E-state index contributed by atoms with van der Waals surface area (Å²) in [6.45, 7) is 0.475. The number of nitrogens with zero attached hydrogens (tertiary/aromatic N) is 3. The first kappa shape index (κ1) is 18.9. The van der Waals surface area contributed by atoms with E-state index in [0.717, 1.165) is 31.6 Å². The highest BCUT2D eigenvalue weighted by molar-refractivity contribution is 7.22. The second-order valence-corrected chi connectivity index (χ2v) is 8.74. The number of hydrogen-bond donors (Lipinski definition) is 1. The van der Waals surface area contributed by atoms with E-state index >= 15 is 0 Å². The number of carbonyl (C=O) groups is 1. The Morgan fingerprint density at radius 1 is 1.17 bits per heavy atom. The van der Waals surface area contributed by atoms with Gasteiger partial charge in [-0.25, -0.2) is 9.37 Å². The predicted octanol–water partition coefficient (Wildman–Crippen LogP) is 5.32. The maximum Gasteiger partial charge on any atom is 0.258 e. The Morgan fingerprint density at radius 2 is 2.00 bits per heavy atom. The molecule has 0 atom stereocenters. The summed E-state index contributed by atoms with van der Waals surface area (Å²) in [4.78, 5) is 21.4. The first-order chi connectivity index (χ1) is 14.6. The molecule has 0 saturated carbocycles. The van der Waals surface area contributed by atoms with E-state index in [1.165, 1.54) is 23.7 Å². The summed E-state index contributed by atoms with van der Waals surface area (Å²) >= 11 is 2.96. The molecule has 1 amide bonds. The summed E-state index contributed by atoms with van der Waals surface area (Å²) in [6, 6.07) is 14.1. The molecule has 0 bridgehead atoms. The fraction of sp³-hybridized carbons (Fsp3) is 0.136. The van der Waals surface area contributed by atoms with Crippen molar-refractivity contribution < 1.29 is 9.18 Å². The van der Waals surface area contributed by atoms with E-state index < -0.39 is 0 Å². The summed E-state index contributed by atoms with van der Waals surface area (Å²) in [5.74, 6) is -0.495. The fourth-order valence-electron chi connectivity index (χ4n) is 3.65. The fourth-order valence-corrected chi connectivity index (χ4v) is 5.46. The Bertz CT molecular complexity index is 1220. The molecular formula is C22H17FN4OS2. The van der Waals surface area contributed by atoms with E-state index in [1.807, 2.05) is 19.2 Å². The normalized spacial score (nSPS) is 12.8. The highest BCUT2D eigenvalue weighted by atomic mass is 32.1. The third-order valence-corrected chi connectivity index (χ3v) is 7.19. The van der Waals surface area contributed by atoms with Crippen LogP contribution in [0.4, 0.5) is 15.8 Å². The molecule has 1 aliphatic rings. The van der Waals surface area contributed by atoms with Gasteiger partial charge in [0.2, 0.25) is 0 Å². The maximum absolute atomic E-state index is 14.2. The minimum atomic E-state index is -0.360. The summed E-state index contributed by atoms with van der Waals surface area (Å²) in [5, 5.41) is 3.92. The van der Waals surface area contributed by atoms with Crippen LogP contribution in [-0.4, -0.2) is 28.9 Å². The third kappa shape index (κ3) is 3.28. The van der Waals surface area contributed by atoms with Crippen LogP contribution < -0.4 is 10.2 Å². The third-order valence-electron chi connectivity index (χ3n) is 5.15. The molecule has 5 rings (SSSR count). The molecule has 0 saturated heterocycles. The van der Waals surface area contributed by atoms with E-state index in [1.54, 1.807) is 40.8 Å². The molecule has 30 heavy (non-hydrogen) atoms. The Labute approximate surface area is 181 Å². The highest BCUT2D eigenvalue weighted by Gasteiger charge is 2.27. The van der Waals surface area contributed by atoms with Crippen molar-refractivity contribution >= 4 is 40.2 Å². The number of thiophene rings is 1. The first-order valence-corrected chi connectivity index (χ1v) is 11.0. The number of carbonyl (C=O) groups excluding carboxylic acids is 1. The zero-order chi connectivity index (χ0) is 20.7. The van der Waals surface area contributed by atoms with E-state index in [2.05, 4.69) is 20.7 Å². The summed E-state index contributed by atoms with van der Waals surface area (Å²) in [6.07, 6.45) is 2.23. The predicted molar refractivity (Wildman–Crippen MR) is 120 cm³/mol. The second-order valence-electron chi connectivity index (χ2n) is 6.91. The molecule has 8 heteroatoms. The van der Waals surface area contributed by atoms with Crippen LogP contribution in [0.1, 0.15) is 15.9 Å². The number of amides is 1. The van der Waals surface area contributed by atoms with E-state index in [9.17, 15) is 9.18 Å². The smallest absolute Gasteiger partial charge is 0.258 e. The van der Waals surface area contributed by atoms with Crippen molar-refractivity contribution in [2.45, 2.75) is 6.42 Å². The number of hydrogen-bond acceptors (Lipinski definition) is 6. The van der Waals surface area contributed by atoms with Crippen molar-refractivity contribution in [3.05, 3.63) is 71.8 Å². The largest absolute Gasteiger partial charge is 0.388 e. The molecule has 0 radical (unpaired) electrons. The number of aromatic nitrogens is 2. The molecule has 0 aliphatic carbocycles. The lowest BCUT2D eigenvalue weighted by Gasteiger charge is -2.23. The van der Waals surface area contributed by atoms with Gasteiger partial charge in [0.1, 0.15) is 12.1 Å². The lowest BCUT2D eigenvalue weighted by molar-refractivity contribution is 0.0987. The SMILES string of the molecule is CNc1ccc(C(=O)N2CCc3cc(-c4ncns4)sc3-c3ccc(F)cc32)cc1. The molecule has 150 valence electrons. The molecule has 4 aromatic rings. The number of benzene rings is 2. The monoisotopic (exact) mass is 436 g/mol. The molecule has 3 heterocycles. The van der Waals surface area contributed by atoms with Gasteiger partial charge >= 0.3 is 0 Å². The molecule has 0 spiro atoms. The first-order valence-electron chi connectivity index (χ1n) is 9.43. The Morgan fingerprint density at radius 3 is 2.73 bits per heavy atom. The van der Waals surface area contributed by atoms with Gasteiger partial charge in [0.25, 0.3) is 5.91 Å². The van der Waals surface area contributed by atoms with Crippen LogP contribution in [-0.2, 0) is 6.42 Å². The van der Waals surface area contributed by atoms with Crippen molar-refractivity contribution in [1.29, 1.82) is 0 Å². The number of rotatable bonds is 3. The molecule has 1 aliphatic heterocycles. The van der Waals surface area contributed by atoms with Gasteiger partial charge in [-0.05, 0) is 72.0 Å². The van der Waals surface area contributed by atoms with Crippen LogP contribution in [0.15, 0.2) is 54.9 Å². The number of anilines is 2. The number of halogens is 1. The van der Waals surface area contributed by atoms with Crippen molar-refractivity contribution in [2.24, 2.45) is 0 Å². The summed E-state index contributed by atoms with van der Waals surface area (Å²) in [5.41, 5.74) is 4.11. The maximum atomic E-state index is 14.2. The van der Waals surface area contributed by atoms with Crippen molar-refractivity contribution in [2.75, 3.05) is 23.8 Å². The lowest BCUT2D eigenvalue weighted by Crippen LogP contribution is -2.32.